The molecule has 2 fully saturated rings. The lowest BCUT2D eigenvalue weighted by molar-refractivity contribution is -0.138. The van der Waals surface area contributed by atoms with Gasteiger partial charge >= 0.3 is 0 Å². The zero-order valence-corrected chi connectivity index (χ0v) is 14.8. The number of hydrogen-bond donors (Lipinski definition) is 0. The van der Waals surface area contributed by atoms with Gasteiger partial charge in [-0.05, 0) is 49.8 Å². The summed E-state index contributed by atoms with van der Waals surface area (Å²) in [5.41, 5.74) is 0.857. The zero-order chi connectivity index (χ0) is 17.7. The molecule has 2 aliphatic heterocycles. The van der Waals surface area contributed by atoms with E-state index in [1.165, 1.54) is 0 Å². The first-order chi connectivity index (χ1) is 12.1. The molecule has 0 N–H and O–H groups in total. The van der Waals surface area contributed by atoms with Gasteiger partial charge in [0.05, 0.1) is 5.41 Å². The largest absolute Gasteiger partial charge is 0.343 e. The highest BCUT2D eigenvalue weighted by atomic mass is 16.2. The molecule has 134 valence electrons. The third-order valence-corrected chi connectivity index (χ3v) is 5.58. The minimum Gasteiger partial charge on any atom is -0.343 e. The summed E-state index contributed by atoms with van der Waals surface area (Å²) in [7, 11) is 0. The van der Waals surface area contributed by atoms with Gasteiger partial charge in [-0.1, -0.05) is 6.08 Å². The molecule has 25 heavy (non-hydrogen) atoms. The van der Waals surface area contributed by atoms with E-state index in [9.17, 15) is 9.59 Å². The van der Waals surface area contributed by atoms with Crippen molar-refractivity contribution in [2.45, 2.75) is 45.1 Å². The van der Waals surface area contributed by atoms with E-state index in [2.05, 4.69) is 11.6 Å². The molecule has 3 rings (SSSR count). The first-order valence-electron chi connectivity index (χ1n) is 9.22. The number of allylic oxidation sites excluding steroid dienone is 1. The average Bonchev–Trinajstić information content (AvgIpc) is 2.82. The summed E-state index contributed by atoms with van der Waals surface area (Å²) in [6, 6.07) is 3.93. The van der Waals surface area contributed by atoms with E-state index in [0.717, 1.165) is 50.8 Å². The van der Waals surface area contributed by atoms with E-state index in [-0.39, 0.29) is 17.2 Å². The van der Waals surface area contributed by atoms with Crippen LogP contribution in [-0.4, -0.2) is 46.2 Å². The summed E-state index contributed by atoms with van der Waals surface area (Å²) in [5.74, 6) is 0.459. The van der Waals surface area contributed by atoms with Crippen LogP contribution < -0.4 is 0 Å². The van der Waals surface area contributed by atoms with E-state index in [1.807, 2.05) is 21.9 Å². The van der Waals surface area contributed by atoms with Gasteiger partial charge in [-0.3, -0.25) is 14.6 Å². The highest BCUT2D eigenvalue weighted by Crippen LogP contribution is 2.42. The molecular formula is C20H27N3O2. The number of likely N-dealkylation sites (tertiary alicyclic amines) is 2. The lowest BCUT2D eigenvalue weighted by Gasteiger charge is -2.27. The van der Waals surface area contributed by atoms with Crippen molar-refractivity contribution >= 4 is 11.8 Å². The molecule has 0 radical (unpaired) electrons. The predicted octanol–water partition coefficient (Wildman–Crippen LogP) is 2.78. The number of nitrogens with zero attached hydrogens (tertiary/aromatic N) is 3. The second-order valence-electron chi connectivity index (χ2n) is 7.17. The van der Waals surface area contributed by atoms with Crippen LogP contribution >= 0.6 is 0 Å². The van der Waals surface area contributed by atoms with Crippen molar-refractivity contribution < 1.29 is 9.59 Å². The second kappa shape index (κ2) is 7.81. The summed E-state index contributed by atoms with van der Waals surface area (Å²) < 4.78 is 0. The minimum absolute atomic E-state index is 0.191. The second-order valence-corrected chi connectivity index (χ2v) is 7.17. The summed E-state index contributed by atoms with van der Waals surface area (Å²) in [6.45, 7) is 6.62. The van der Waals surface area contributed by atoms with Gasteiger partial charge in [0.25, 0.3) is 0 Å². The van der Waals surface area contributed by atoms with Gasteiger partial charge in [0.2, 0.25) is 11.8 Å². The molecule has 2 aliphatic rings. The number of carbonyl (C=O) groups is 2. The molecule has 1 atom stereocenters. The van der Waals surface area contributed by atoms with Crippen LogP contribution in [0.1, 0.15) is 44.1 Å². The van der Waals surface area contributed by atoms with Crippen molar-refractivity contribution in [2.75, 3.05) is 19.6 Å². The monoisotopic (exact) mass is 341 g/mol. The first-order valence-corrected chi connectivity index (χ1v) is 9.22. The van der Waals surface area contributed by atoms with Crippen molar-refractivity contribution in [1.82, 2.24) is 14.8 Å². The van der Waals surface area contributed by atoms with Gasteiger partial charge in [0, 0.05) is 45.0 Å². The molecule has 2 amide bonds. The number of rotatable bonds is 5. The van der Waals surface area contributed by atoms with Crippen LogP contribution in [0.3, 0.4) is 0 Å². The Bertz CT molecular complexity index is 631. The van der Waals surface area contributed by atoms with Gasteiger partial charge in [-0.2, -0.15) is 0 Å². The van der Waals surface area contributed by atoms with Gasteiger partial charge in [0.1, 0.15) is 0 Å². The Balaban J connectivity index is 1.62. The molecule has 0 unspecified atom stereocenters. The maximum atomic E-state index is 13.1. The number of amides is 2. The Morgan fingerprint density at radius 2 is 1.96 bits per heavy atom. The van der Waals surface area contributed by atoms with Crippen molar-refractivity contribution in [3.63, 3.8) is 0 Å². The van der Waals surface area contributed by atoms with Crippen molar-refractivity contribution in [3.8, 4) is 0 Å². The fourth-order valence-corrected chi connectivity index (χ4v) is 4.04. The molecule has 3 heterocycles. The quantitative estimate of drug-likeness (QED) is 0.774. The molecule has 0 aromatic carbocycles. The van der Waals surface area contributed by atoms with E-state index in [1.54, 1.807) is 18.5 Å². The van der Waals surface area contributed by atoms with Crippen LogP contribution in [0.25, 0.3) is 0 Å². The van der Waals surface area contributed by atoms with Gasteiger partial charge in [0.15, 0.2) is 0 Å². The van der Waals surface area contributed by atoms with E-state index < -0.39 is 0 Å². The number of hydrogen-bond acceptors (Lipinski definition) is 3. The van der Waals surface area contributed by atoms with Crippen molar-refractivity contribution in [2.24, 2.45) is 5.41 Å². The molecule has 5 nitrogen and oxygen atoms in total. The Morgan fingerprint density at radius 1 is 1.20 bits per heavy atom. The topological polar surface area (TPSA) is 53.5 Å². The smallest absolute Gasteiger partial charge is 0.229 e. The van der Waals surface area contributed by atoms with Gasteiger partial charge in [-0.25, -0.2) is 0 Å². The van der Waals surface area contributed by atoms with E-state index >= 15 is 0 Å². The number of pyridine rings is 1. The Morgan fingerprint density at radius 3 is 2.72 bits per heavy atom. The molecule has 1 aromatic rings. The molecule has 2 saturated heterocycles. The third-order valence-electron chi connectivity index (χ3n) is 5.58. The maximum absolute atomic E-state index is 13.1. The van der Waals surface area contributed by atoms with Gasteiger partial charge in [-0.15, -0.1) is 6.58 Å². The Labute approximate surface area is 149 Å². The lowest BCUT2D eigenvalue weighted by atomic mass is 9.79. The fraction of sp³-hybridized carbons (Fsp3) is 0.550. The summed E-state index contributed by atoms with van der Waals surface area (Å²) >= 11 is 0. The van der Waals surface area contributed by atoms with Crippen LogP contribution in [0.4, 0.5) is 0 Å². The van der Waals surface area contributed by atoms with Crippen molar-refractivity contribution in [3.05, 3.63) is 42.7 Å². The first kappa shape index (κ1) is 17.6. The summed E-state index contributed by atoms with van der Waals surface area (Å²) in [4.78, 5) is 33.3. The van der Waals surface area contributed by atoms with Crippen LogP contribution in [0.5, 0.6) is 0 Å². The van der Waals surface area contributed by atoms with E-state index in [4.69, 9.17) is 0 Å². The molecule has 5 heteroatoms. The number of carbonyl (C=O) groups excluding carboxylic acids is 2. The van der Waals surface area contributed by atoms with E-state index in [0.29, 0.717) is 19.5 Å². The third kappa shape index (κ3) is 3.91. The molecule has 0 aliphatic carbocycles. The van der Waals surface area contributed by atoms with Crippen LogP contribution in [0.2, 0.25) is 0 Å². The fourth-order valence-electron chi connectivity index (χ4n) is 4.04. The predicted molar refractivity (Wildman–Crippen MR) is 96.6 cm³/mol. The van der Waals surface area contributed by atoms with Crippen LogP contribution in [0, 0.1) is 5.41 Å². The minimum atomic E-state index is -0.263. The SMILES string of the molecule is C=CCCC(=O)N1CCC[C@@]2(CC1)CCN(Cc1ccncc1)C2=O. The summed E-state index contributed by atoms with van der Waals surface area (Å²) in [5, 5.41) is 0. The van der Waals surface area contributed by atoms with Crippen LogP contribution in [0.15, 0.2) is 37.2 Å². The zero-order valence-electron chi connectivity index (χ0n) is 14.8. The molecule has 0 saturated carbocycles. The summed E-state index contributed by atoms with van der Waals surface area (Å²) in [6.07, 6.45) is 10.1. The van der Waals surface area contributed by atoms with Crippen LogP contribution in [-0.2, 0) is 16.1 Å². The maximum Gasteiger partial charge on any atom is 0.229 e. The van der Waals surface area contributed by atoms with Gasteiger partial charge < -0.3 is 9.80 Å². The molecule has 0 bridgehead atoms. The molecule has 1 aromatic heterocycles. The normalized spacial score (nSPS) is 23.8. The Kier molecular flexibility index (Phi) is 5.51. The number of aromatic nitrogens is 1. The molecular weight excluding hydrogens is 314 g/mol. The highest BCUT2D eigenvalue weighted by molar-refractivity contribution is 5.85. The lowest BCUT2D eigenvalue weighted by Crippen LogP contribution is -2.36. The highest BCUT2D eigenvalue weighted by Gasteiger charge is 2.47. The average molecular weight is 341 g/mol. The standard InChI is InChI=1S/C20H27N3O2/c1-2-3-5-18(24)22-13-4-8-20(9-14-22)10-15-23(19(20)25)16-17-6-11-21-12-7-17/h2,6-7,11-12H,1,3-5,8-10,13-16H2/t20-/m1/s1. The Hall–Kier alpha value is -2.17. The molecule has 1 spiro atoms. The van der Waals surface area contributed by atoms with Crippen molar-refractivity contribution in [1.29, 1.82) is 0 Å².